The van der Waals surface area contributed by atoms with E-state index < -0.39 is 23.6 Å². The van der Waals surface area contributed by atoms with Crippen LogP contribution in [0.3, 0.4) is 0 Å². The van der Waals surface area contributed by atoms with Crippen molar-refractivity contribution in [1.82, 2.24) is 30.1 Å². The van der Waals surface area contributed by atoms with Crippen LogP contribution in [0.5, 0.6) is 0 Å². The number of nitrogens with zero attached hydrogens (tertiary/aromatic N) is 5. The van der Waals surface area contributed by atoms with E-state index in [4.69, 9.17) is 0 Å². The highest BCUT2D eigenvalue weighted by molar-refractivity contribution is 5.90. The smallest absolute Gasteiger partial charge is 0.248 e. The third-order valence-electron chi connectivity index (χ3n) is 6.90. The van der Waals surface area contributed by atoms with E-state index in [1.54, 1.807) is 11.7 Å². The maximum absolute atomic E-state index is 13.6. The lowest BCUT2D eigenvalue weighted by Crippen LogP contribution is -2.49. The minimum absolute atomic E-state index is 0.149. The van der Waals surface area contributed by atoms with E-state index in [1.165, 1.54) is 24.2 Å². The van der Waals surface area contributed by atoms with E-state index in [1.807, 2.05) is 27.0 Å². The lowest BCUT2D eigenvalue weighted by Gasteiger charge is -2.34. The van der Waals surface area contributed by atoms with Crippen LogP contribution in [-0.4, -0.2) is 87.1 Å². The van der Waals surface area contributed by atoms with E-state index in [9.17, 15) is 14.7 Å². The molecule has 3 rings (SSSR count). The van der Waals surface area contributed by atoms with Crippen molar-refractivity contribution < 1.29 is 14.7 Å². The maximum atomic E-state index is 13.6. The number of aromatic nitrogens is 3. The Balaban J connectivity index is 1.74. The summed E-state index contributed by atoms with van der Waals surface area (Å²) in [5.41, 5.74) is 0.750. The number of rotatable bonds is 6. The molecule has 2 N–H and O–H groups in total. The molecule has 2 saturated heterocycles. The van der Waals surface area contributed by atoms with Gasteiger partial charge >= 0.3 is 0 Å². The van der Waals surface area contributed by atoms with Crippen LogP contribution in [0, 0.1) is 10.8 Å². The average Bonchev–Trinajstić information content (AvgIpc) is 3.29. The first-order chi connectivity index (χ1) is 15.4. The molecule has 1 aromatic rings. The van der Waals surface area contributed by atoms with Crippen LogP contribution in [0.4, 0.5) is 0 Å². The van der Waals surface area contributed by atoms with Crippen molar-refractivity contribution in [2.75, 3.05) is 33.2 Å². The van der Waals surface area contributed by atoms with Gasteiger partial charge in [-0.3, -0.25) is 9.59 Å². The SMILES string of the molecule is CNC(=O)C1CC(O)CN1C(=O)[C@@H](n1cc(CCN2CCCCC(C)(C)C2)nn1)C(C)(C)C. The topological polar surface area (TPSA) is 104 Å². The summed E-state index contributed by atoms with van der Waals surface area (Å²) in [6.07, 6.45) is 5.96. The van der Waals surface area contributed by atoms with Gasteiger partial charge in [-0.25, -0.2) is 4.68 Å². The summed E-state index contributed by atoms with van der Waals surface area (Å²) in [5.74, 6) is -0.467. The average molecular weight is 463 g/mol. The molecule has 0 aromatic carbocycles. The Morgan fingerprint density at radius 2 is 2.03 bits per heavy atom. The second-order valence-corrected chi connectivity index (χ2v) is 11.6. The Kier molecular flexibility index (Phi) is 7.84. The monoisotopic (exact) mass is 462 g/mol. The zero-order valence-corrected chi connectivity index (χ0v) is 21.2. The number of aliphatic hydroxyl groups is 1. The van der Waals surface area contributed by atoms with Gasteiger partial charge in [0.1, 0.15) is 12.1 Å². The predicted octanol–water partition coefficient (Wildman–Crippen LogP) is 1.63. The van der Waals surface area contributed by atoms with Crippen molar-refractivity contribution in [2.24, 2.45) is 10.8 Å². The molecule has 0 radical (unpaired) electrons. The Morgan fingerprint density at radius 3 is 2.70 bits per heavy atom. The molecule has 9 nitrogen and oxygen atoms in total. The summed E-state index contributed by atoms with van der Waals surface area (Å²) < 4.78 is 1.65. The number of β-amino-alcohol motifs (C(OH)–C–C–N with tert-alkyl or cyclic N) is 1. The molecular weight excluding hydrogens is 420 g/mol. The lowest BCUT2D eigenvalue weighted by atomic mass is 9.85. The fourth-order valence-corrected chi connectivity index (χ4v) is 5.23. The van der Waals surface area contributed by atoms with Crippen LogP contribution in [-0.2, 0) is 16.0 Å². The molecule has 3 atom stereocenters. The van der Waals surface area contributed by atoms with E-state index in [0.29, 0.717) is 5.41 Å². The fourth-order valence-electron chi connectivity index (χ4n) is 5.23. The number of likely N-dealkylation sites (N-methyl/N-ethyl adjacent to an activating group) is 1. The second kappa shape index (κ2) is 10.1. The first-order valence-corrected chi connectivity index (χ1v) is 12.2. The van der Waals surface area contributed by atoms with Gasteiger partial charge in [-0.1, -0.05) is 46.3 Å². The van der Waals surface area contributed by atoms with Crippen LogP contribution < -0.4 is 5.32 Å². The second-order valence-electron chi connectivity index (χ2n) is 11.6. The summed E-state index contributed by atoms with van der Waals surface area (Å²) in [6, 6.07) is -1.29. The van der Waals surface area contributed by atoms with E-state index >= 15 is 0 Å². The number of likely N-dealkylation sites (tertiary alicyclic amines) is 2. The molecule has 2 unspecified atom stereocenters. The molecule has 2 amide bonds. The van der Waals surface area contributed by atoms with Crippen LogP contribution >= 0.6 is 0 Å². The van der Waals surface area contributed by atoms with Gasteiger partial charge in [-0.15, -0.1) is 5.10 Å². The fraction of sp³-hybridized carbons (Fsp3) is 0.833. The van der Waals surface area contributed by atoms with Crippen molar-refractivity contribution in [3.05, 3.63) is 11.9 Å². The molecule has 2 fully saturated rings. The molecule has 3 heterocycles. The summed E-state index contributed by atoms with van der Waals surface area (Å²) >= 11 is 0. The molecule has 0 saturated carbocycles. The molecule has 2 aliphatic rings. The van der Waals surface area contributed by atoms with Crippen molar-refractivity contribution >= 4 is 11.8 Å². The zero-order valence-electron chi connectivity index (χ0n) is 21.2. The largest absolute Gasteiger partial charge is 0.391 e. The predicted molar refractivity (Wildman–Crippen MR) is 126 cm³/mol. The zero-order chi connectivity index (χ0) is 24.4. The first-order valence-electron chi connectivity index (χ1n) is 12.2. The Hall–Kier alpha value is -2.00. The van der Waals surface area contributed by atoms with Crippen molar-refractivity contribution in [3.63, 3.8) is 0 Å². The summed E-state index contributed by atoms with van der Waals surface area (Å²) in [6.45, 7) is 13.9. The summed E-state index contributed by atoms with van der Waals surface area (Å²) in [5, 5.41) is 21.5. The molecule has 0 bridgehead atoms. The van der Waals surface area contributed by atoms with Gasteiger partial charge < -0.3 is 20.2 Å². The quantitative estimate of drug-likeness (QED) is 0.666. The van der Waals surface area contributed by atoms with Gasteiger partial charge in [0.25, 0.3) is 0 Å². The summed E-state index contributed by atoms with van der Waals surface area (Å²) in [7, 11) is 1.55. The van der Waals surface area contributed by atoms with Gasteiger partial charge in [0, 0.05) is 45.7 Å². The number of aliphatic hydroxyl groups excluding tert-OH is 1. The lowest BCUT2D eigenvalue weighted by molar-refractivity contribution is -0.144. The Bertz CT molecular complexity index is 830. The van der Waals surface area contributed by atoms with Gasteiger partial charge in [0.2, 0.25) is 11.8 Å². The Morgan fingerprint density at radius 1 is 1.30 bits per heavy atom. The van der Waals surface area contributed by atoms with Gasteiger partial charge in [0.15, 0.2) is 0 Å². The highest BCUT2D eigenvalue weighted by atomic mass is 16.3. The third kappa shape index (κ3) is 6.32. The van der Waals surface area contributed by atoms with Crippen LogP contribution in [0.1, 0.15) is 72.0 Å². The van der Waals surface area contributed by atoms with Crippen LogP contribution in [0.25, 0.3) is 0 Å². The molecule has 0 spiro atoms. The van der Waals surface area contributed by atoms with Crippen molar-refractivity contribution in [2.45, 2.75) is 84.9 Å². The number of amides is 2. The third-order valence-corrected chi connectivity index (χ3v) is 6.90. The van der Waals surface area contributed by atoms with Crippen molar-refractivity contribution in [1.29, 1.82) is 0 Å². The van der Waals surface area contributed by atoms with E-state index in [-0.39, 0.29) is 24.8 Å². The first kappa shape index (κ1) is 25.6. The van der Waals surface area contributed by atoms with Gasteiger partial charge in [-0.2, -0.15) is 0 Å². The number of carbonyl (C=O) groups is 2. The van der Waals surface area contributed by atoms with Crippen molar-refractivity contribution in [3.8, 4) is 0 Å². The molecule has 0 aliphatic carbocycles. The molecule has 33 heavy (non-hydrogen) atoms. The minimum atomic E-state index is -0.707. The highest BCUT2D eigenvalue weighted by Gasteiger charge is 2.45. The van der Waals surface area contributed by atoms with E-state index in [2.05, 4.69) is 34.4 Å². The standard InChI is InChI=1S/C24H42N6O3/c1-23(2,3)20(22(33)29-15-18(31)13-19(29)21(32)25-6)30-14-17(26-27-30)9-12-28-11-8-7-10-24(4,5)16-28/h14,18-20,31H,7-13,15-16H2,1-6H3,(H,25,32)/t18?,19?,20-/m1/s1. The minimum Gasteiger partial charge on any atom is -0.391 e. The Labute approximate surface area is 197 Å². The maximum Gasteiger partial charge on any atom is 0.248 e. The number of hydrogen-bond acceptors (Lipinski definition) is 6. The molecule has 1 aromatic heterocycles. The number of carbonyl (C=O) groups excluding carboxylic acids is 2. The molecular formula is C24H42N6O3. The molecule has 186 valence electrons. The molecule has 2 aliphatic heterocycles. The molecule has 9 heteroatoms. The number of hydrogen-bond donors (Lipinski definition) is 2. The summed E-state index contributed by atoms with van der Waals surface area (Å²) in [4.78, 5) is 30.0. The number of nitrogens with one attached hydrogen (secondary N) is 1. The van der Waals surface area contributed by atoms with Gasteiger partial charge in [0.05, 0.1) is 11.8 Å². The van der Waals surface area contributed by atoms with Crippen LogP contribution in [0.15, 0.2) is 6.20 Å². The van der Waals surface area contributed by atoms with Crippen LogP contribution in [0.2, 0.25) is 0 Å². The highest BCUT2D eigenvalue weighted by Crippen LogP contribution is 2.34. The van der Waals surface area contributed by atoms with E-state index in [0.717, 1.165) is 31.7 Å². The normalized spacial score (nSPS) is 25.0. The van der Waals surface area contributed by atoms with Gasteiger partial charge in [-0.05, 0) is 30.2 Å².